The van der Waals surface area contributed by atoms with Gasteiger partial charge < -0.3 is 10.4 Å². The summed E-state index contributed by atoms with van der Waals surface area (Å²) in [6, 6.07) is 3.02. The number of carboxylic acids is 1. The van der Waals surface area contributed by atoms with Crippen LogP contribution in [0.25, 0.3) is 0 Å². The Morgan fingerprint density at radius 1 is 1.57 bits per heavy atom. The van der Waals surface area contributed by atoms with E-state index in [0.717, 1.165) is 0 Å². The van der Waals surface area contributed by atoms with Crippen LogP contribution in [-0.2, 0) is 9.59 Å². The lowest BCUT2D eigenvalue weighted by Crippen LogP contribution is -2.20. The molecule has 1 aliphatic rings. The highest BCUT2D eigenvalue weighted by Crippen LogP contribution is 2.31. The first-order chi connectivity index (χ1) is 6.59. The standard InChI is InChI=1S/C8H5ClN2O3/c9-4-2-1-3-6(11-4)5(8(13)14)7(12)10-3/h1-2,5H,(H,10,12)(H,13,14). The molecule has 0 aromatic carbocycles. The van der Waals surface area contributed by atoms with Gasteiger partial charge in [-0.3, -0.25) is 9.59 Å². The van der Waals surface area contributed by atoms with E-state index >= 15 is 0 Å². The third-order valence-corrected chi connectivity index (χ3v) is 2.14. The predicted molar refractivity (Wildman–Crippen MR) is 48.3 cm³/mol. The van der Waals surface area contributed by atoms with Gasteiger partial charge in [-0.25, -0.2) is 4.98 Å². The Morgan fingerprint density at radius 2 is 2.29 bits per heavy atom. The quantitative estimate of drug-likeness (QED) is 0.534. The first-order valence-electron chi connectivity index (χ1n) is 3.79. The van der Waals surface area contributed by atoms with Gasteiger partial charge in [0.2, 0.25) is 5.91 Å². The molecule has 2 N–H and O–H groups in total. The van der Waals surface area contributed by atoms with E-state index in [1.54, 1.807) is 0 Å². The van der Waals surface area contributed by atoms with Gasteiger partial charge in [-0.1, -0.05) is 11.6 Å². The average Bonchev–Trinajstić information content (AvgIpc) is 2.40. The van der Waals surface area contributed by atoms with Crippen LogP contribution in [0, 0.1) is 0 Å². The van der Waals surface area contributed by atoms with E-state index in [-0.39, 0.29) is 10.8 Å². The number of amides is 1. The molecule has 1 amide bonds. The molecule has 0 saturated heterocycles. The summed E-state index contributed by atoms with van der Waals surface area (Å²) in [7, 11) is 0. The number of rotatable bonds is 1. The predicted octanol–water partition coefficient (Wildman–Crippen LogP) is 0.855. The van der Waals surface area contributed by atoms with Crippen molar-refractivity contribution in [1.29, 1.82) is 0 Å². The van der Waals surface area contributed by atoms with Crippen molar-refractivity contribution in [3.8, 4) is 0 Å². The van der Waals surface area contributed by atoms with Crippen molar-refractivity contribution in [2.45, 2.75) is 5.92 Å². The molecule has 1 aromatic rings. The summed E-state index contributed by atoms with van der Waals surface area (Å²) in [5, 5.41) is 11.4. The molecular weight excluding hydrogens is 208 g/mol. The van der Waals surface area contributed by atoms with Gasteiger partial charge >= 0.3 is 5.97 Å². The molecular formula is C8H5ClN2O3. The topological polar surface area (TPSA) is 79.3 Å². The molecule has 1 unspecified atom stereocenters. The number of nitrogens with zero attached hydrogens (tertiary/aromatic N) is 1. The van der Waals surface area contributed by atoms with Crippen molar-refractivity contribution in [2.75, 3.05) is 5.32 Å². The van der Waals surface area contributed by atoms with Gasteiger partial charge in [0.05, 0.1) is 11.4 Å². The first-order valence-corrected chi connectivity index (χ1v) is 4.17. The zero-order valence-electron chi connectivity index (χ0n) is 6.82. The van der Waals surface area contributed by atoms with E-state index < -0.39 is 17.8 Å². The Morgan fingerprint density at radius 3 is 2.93 bits per heavy atom. The molecule has 2 heterocycles. The Balaban J connectivity index is 2.55. The van der Waals surface area contributed by atoms with E-state index in [4.69, 9.17) is 16.7 Å². The number of pyridine rings is 1. The summed E-state index contributed by atoms with van der Waals surface area (Å²) in [4.78, 5) is 25.8. The molecule has 72 valence electrons. The first kappa shape index (κ1) is 8.96. The molecule has 0 bridgehead atoms. The minimum Gasteiger partial charge on any atom is -0.480 e. The van der Waals surface area contributed by atoms with Crippen LogP contribution in [0.2, 0.25) is 5.15 Å². The number of carboxylic acid groups (broad SMARTS) is 1. The number of carbonyl (C=O) groups is 2. The summed E-state index contributed by atoms with van der Waals surface area (Å²) in [6.07, 6.45) is 0. The average molecular weight is 213 g/mol. The second-order valence-corrected chi connectivity index (χ2v) is 3.21. The molecule has 1 aliphatic heterocycles. The van der Waals surface area contributed by atoms with Gasteiger partial charge in [0.1, 0.15) is 5.15 Å². The minimum absolute atomic E-state index is 0.173. The van der Waals surface area contributed by atoms with Crippen molar-refractivity contribution < 1.29 is 14.7 Å². The second-order valence-electron chi connectivity index (χ2n) is 2.83. The maximum atomic E-state index is 11.2. The highest BCUT2D eigenvalue weighted by atomic mass is 35.5. The van der Waals surface area contributed by atoms with Crippen molar-refractivity contribution >= 4 is 29.2 Å². The number of nitrogens with one attached hydrogen (secondary N) is 1. The van der Waals surface area contributed by atoms with Gasteiger partial charge in [0.25, 0.3) is 0 Å². The zero-order chi connectivity index (χ0) is 10.3. The highest BCUT2D eigenvalue weighted by Gasteiger charge is 2.37. The summed E-state index contributed by atoms with van der Waals surface area (Å²) in [5.41, 5.74) is 0.585. The number of carbonyl (C=O) groups excluding carboxylic acids is 1. The van der Waals surface area contributed by atoms with Crippen LogP contribution >= 0.6 is 11.6 Å². The van der Waals surface area contributed by atoms with Crippen LogP contribution in [-0.4, -0.2) is 22.0 Å². The summed E-state index contributed by atoms with van der Waals surface area (Å²) >= 11 is 5.60. The van der Waals surface area contributed by atoms with Crippen molar-refractivity contribution in [3.05, 3.63) is 23.0 Å². The maximum absolute atomic E-state index is 11.2. The van der Waals surface area contributed by atoms with Gasteiger partial charge in [-0.15, -0.1) is 0 Å². The van der Waals surface area contributed by atoms with E-state index in [1.165, 1.54) is 12.1 Å². The Bertz CT molecular complexity index is 433. The molecule has 14 heavy (non-hydrogen) atoms. The molecule has 6 heteroatoms. The van der Waals surface area contributed by atoms with E-state index in [0.29, 0.717) is 5.69 Å². The summed E-state index contributed by atoms with van der Waals surface area (Å²) in [6.45, 7) is 0. The van der Waals surface area contributed by atoms with E-state index in [2.05, 4.69) is 10.3 Å². The Kier molecular flexibility index (Phi) is 1.89. The molecule has 5 nitrogen and oxygen atoms in total. The number of hydrogen-bond acceptors (Lipinski definition) is 3. The smallest absolute Gasteiger partial charge is 0.322 e. The number of hydrogen-bond donors (Lipinski definition) is 2. The Labute approximate surface area is 83.7 Å². The summed E-state index contributed by atoms with van der Waals surface area (Å²) in [5.74, 6) is -3.05. The fourth-order valence-corrected chi connectivity index (χ4v) is 1.49. The molecule has 2 rings (SSSR count). The number of halogens is 1. The van der Waals surface area contributed by atoms with Gasteiger partial charge in [-0.05, 0) is 12.1 Å². The lowest BCUT2D eigenvalue weighted by molar-refractivity contribution is -0.141. The van der Waals surface area contributed by atoms with Crippen LogP contribution in [0.3, 0.4) is 0 Å². The zero-order valence-corrected chi connectivity index (χ0v) is 7.58. The van der Waals surface area contributed by atoms with Crippen LogP contribution in [0.4, 0.5) is 5.69 Å². The minimum atomic E-state index is -1.25. The largest absolute Gasteiger partial charge is 0.480 e. The Hall–Kier alpha value is -1.62. The van der Waals surface area contributed by atoms with Crippen LogP contribution in [0.5, 0.6) is 0 Å². The number of fused-ring (bicyclic) bond motifs is 1. The summed E-state index contributed by atoms with van der Waals surface area (Å²) < 4.78 is 0. The lowest BCUT2D eigenvalue weighted by atomic mass is 10.1. The van der Waals surface area contributed by atoms with Gasteiger partial charge in [0, 0.05) is 0 Å². The second kappa shape index (κ2) is 2.95. The van der Waals surface area contributed by atoms with Crippen molar-refractivity contribution in [1.82, 2.24) is 4.98 Å². The number of aliphatic carboxylic acids is 1. The van der Waals surface area contributed by atoms with Gasteiger partial charge in [0.15, 0.2) is 5.92 Å². The highest BCUT2D eigenvalue weighted by molar-refractivity contribution is 6.29. The molecule has 0 fully saturated rings. The lowest BCUT2D eigenvalue weighted by Gasteiger charge is -2.00. The molecule has 0 saturated carbocycles. The molecule has 0 aliphatic carbocycles. The molecule has 0 spiro atoms. The van der Waals surface area contributed by atoms with Crippen LogP contribution < -0.4 is 5.32 Å². The number of aromatic nitrogens is 1. The SMILES string of the molecule is O=C(O)C1C(=O)Nc2ccc(Cl)nc21. The molecule has 1 atom stereocenters. The van der Waals surface area contributed by atoms with Crippen molar-refractivity contribution in [2.24, 2.45) is 0 Å². The van der Waals surface area contributed by atoms with Crippen LogP contribution in [0.1, 0.15) is 11.6 Å². The fourth-order valence-electron chi connectivity index (χ4n) is 1.33. The van der Waals surface area contributed by atoms with E-state index in [9.17, 15) is 9.59 Å². The normalized spacial score (nSPS) is 18.9. The third-order valence-electron chi connectivity index (χ3n) is 1.93. The van der Waals surface area contributed by atoms with Crippen LogP contribution in [0.15, 0.2) is 12.1 Å². The van der Waals surface area contributed by atoms with Crippen molar-refractivity contribution in [3.63, 3.8) is 0 Å². The number of anilines is 1. The molecule has 0 radical (unpaired) electrons. The fraction of sp³-hybridized carbons (Fsp3) is 0.125. The van der Waals surface area contributed by atoms with Gasteiger partial charge in [-0.2, -0.15) is 0 Å². The molecule has 1 aromatic heterocycles. The van der Waals surface area contributed by atoms with E-state index in [1.807, 2.05) is 0 Å². The monoisotopic (exact) mass is 212 g/mol. The maximum Gasteiger partial charge on any atom is 0.322 e. The third kappa shape index (κ3) is 1.22.